The van der Waals surface area contributed by atoms with Crippen LogP contribution in [0.15, 0.2) is 27.9 Å². The van der Waals surface area contributed by atoms with Crippen LogP contribution < -0.4 is 5.32 Å². The molecule has 3 rings (SSSR count). The minimum atomic E-state index is -0.929. The molecule has 0 aliphatic carbocycles. The molecule has 0 bridgehead atoms. The van der Waals surface area contributed by atoms with Crippen LogP contribution in [0.4, 0.5) is 14.5 Å². The lowest BCUT2D eigenvalue weighted by molar-refractivity contribution is -0.125. The van der Waals surface area contributed by atoms with Crippen molar-refractivity contribution in [1.82, 2.24) is 5.16 Å². The van der Waals surface area contributed by atoms with Gasteiger partial charge in [0, 0.05) is 12.0 Å². The van der Waals surface area contributed by atoms with Gasteiger partial charge in [0.05, 0.1) is 5.71 Å². The maximum absolute atomic E-state index is 13.7. The van der Waals surface area contributed by atoms with Gasteiger partial charge < -0.3 is 14.7 Å². The molecule has 120 valence electrons. The maximum Gasteiger partial charge on any atom is 0.268 e. The molecule has 1 N–H and O–H groups in total. The fourth-order valence-electron chi connectivity index (χ4n) is 2.26. The van der Waals surface area contributed by atoms with Crippen molar-refractivity contribution in [2.45, 2.75) is 26.4 Å². The second-order valence-corrected chi connectivity index (χ2v) is 5.15. The zero-order chi connectivity index (χ0) is 16.6. The normalized spacial score (nSPS) is 16.9. The number of nitrogens with zero attached hydrogens (tertiary/aromatic N) is 2. The number of amides is 1. The molecule has 23 heavy (non-hydrogen) atoms. The Kier molecular flexibility index (Phi) is 3.81. The third-order valence-electron chi connectivity index (χ3n) is 3.48. The monoisotopic (exact) mass is 321 g/mol. The number of carbonyl (C=O) groups is 1. The van der Waals surface area contributed by atoms with Crippen molar-refractivity contribution < 1.29 is 22.9 Å². The summed E-state index contributed by atoms with van der Waals surface area (Å²) < 4.78 is 31.9. The number of aryl methyl sites for hydroxylation is 2. The molecule has 1 unspecified atom stereocenters. The van der Waals surface area contributed by atoms with Gasteiger partial charge in [-0.1, -0.05) is 10.3 Å². The number of hydrogen-bond donors (Lipinski definition) is 1. The Balaban J connectivity index is 1.71. The van der Waals surface area contributed by atoms with Crippen molar-refractivity contribution in [3.63, 3.8) is 0 Å². The quantitative estimate of drug-likeness (QED) is 0.943. The summed E-state index contributed by atoms with van der Waals surface area (Å²) in [6.07, 6.45) is -0.892. The molecule has 8 heteroatoms. The molecule has 0 fully saturated rings. The number of oxime groups is 1. The van der Waals surface area contributed by atoms with Crippen LogP contribution in [0.5, 0.6) is 0 Å². The fraction of sp³-hybridized carbons (Fsp3) is 0.267. The van der Waals surface area contributed by atoms with Gasteiger partial charge in [-0.3, -0.25) is 4.79 Å². The molecule has 0 spiro atoms. The highest BCUT2D eigenvalue weighted by Gasteiger charge is 2.31. The van der Waals surface area contributed by atoms with Gasteiger partial charge >= 0.3 is 0 Å². The average molecular weight is 321 g/mol. The number of halogens is 2. The van der Waals surface area contributed by atoms with E-state index in [9.17, 15) is 13.6 Å². The van der Waals surface area contributed by atoms with Crippen LogP contribution in [-0.2, 0) is 9.63 Å². The van der Waals surface area contributed by atoms with E-state index < -0.39 is 23.6 Å². The molecule has 1 atom stereocenters. The summed E-state index contributed by atoms with van der Waals surface area (Å²) in [5.74, 6) is -1.21. The van der Waals surface area contributed by atoms with Crippen molar-refractivity contribution in [2.24, 2.45) is 5.16 Å². The molecule has 1 aromatic carbocycles. The van der Waals surface area contributed by atoms with E-state index >= 15 is 0 Å². The predicted octanol–water partition coefficient (Wildman–Crippen LogP) is 2.70. The Morgan fingerprint density at radius 1 is 1.35 bits per heavy atom. The van der Waals surface area contributed by atoms with Gasteiger partial charge in [0.25, 0.3) is 5.91 Å². The Hall–Kier alpha value is -2.77. The highest BCUT2D eigenvalue weighted by atomic mass is 19.1. The number of carbonyl (C=O) groups excluding carboxylic acids is 1. The molecule has 2 aromatic rings. The molecule has 6 nitrogen and oxygen atoms in total. The van der Waals surface area contributed by atoms with Crippen LogP contribution in [0.2, 0.25) is 0 Å². The second kappa shape index (κ2) is 5.79. The van der Waals surface area contributed by atoms with Gasteiger partial charge in [0.1, 0.15) is 23.0 Å². The Labute approximate surface area is 130 Å². The smallest absolute Gasteiger partial charge is 0.268 e. The molecule has 1 aromatic heterocycles. The first-order valence-corrected chi connectivity index (χ1v) is 6.87. The lowest BCUT2D eigenvalue weighted by Gasteiger charge is -2.09. The van der Waals surface area contributed by atoms with E-state index in [1.165, 1.54) is 0 Å². The van der Waals surface area contributed by atoms with Crippen LogP contribution in [0, 0.1) is 25.5 Å². The minimum absolute atomic E-state index is 0.0161. The molecule has 2 heterocycles. The SMILES string of the molecule is Cc1noc(C)c1NC(=O)C1CC(c2cc(F)ccc2F)=NO1. The summed E-state index contributed by atoms with van der Waals surface area (Å²) in [5.41, 5.74) is 1.16. The molecule has 0 radical (unpaired) electrons. The zero-order valence-electron chi connectivity index (χ0n) is 12.4. The highest BCUT2D eigenvalue weighted by molar-refractivity contribution is 6.06. The molecule has 0 saturated carbocycles. The number of hydrogen-bond acceptors (Lipinski definition) is 5. The lowest BCUT2D eigenvalue weighted by Crippen LogP contribution is -2.28. The number of anilines is 1. The molecular formula is C15H13F2N3O3. The summed E-state index contributed by atoms with van der Waals surface area (Å²) in [6.45, 7) is 3.35. The van der Waals surface area contributed by atoms with Crippen molar-refractivity contribution >= 4 is 17.3 Å². The molecule has 1 aliphatic heterocycles. The van der Waals surface area contributed by atoms with Crippen LogP contribution in [0.25, 0.3) is 0 Å². The summed E-state index contributed by atoms with van der Waals surface area (Å²) >= 11 is 0. The zero-order valence-corrected chi connectivity index (χ0v) is 12.4. The number of benzene rings is 1. The Bertz CT molecular complexity index is 782. The lowest BCUT2D eigenvalue weighted by atomic mass is 10.0. The molecule has 1 aliphatic rings. The van der Waals surface area contributed by atoms with Crippen molar-refractivity contribution in [2.75, 3.05) is 5.32 Å². The van der Waals surface area contributed by atoms with Gasteiger partial charge in [-0.05, 0) is 32.0 Å². The predicted molar refractivity (Wildman–Crippen MR) is 77.0 cm³/mol. The minimum Gasteiger partial charge on any atom is -0.382 e. The van der Waals surface area contributed by atoms with E-state index in [1.54, 1.807) is 13.8 Å². The van der Waals surface area contributed by atoms with Crippen molar-refractivity contribution in [1.29, 1.82) is 0 Å². The van der Waals surface area contributed by atoms with Crippen LogP contribution in [0.1, 0.15) is 23.4 Å². The summed E-state index contributed by atoms with van der Waals surface area (Å²) in [4.78, 5) is 17.2. The Morgan fingerprint density at radius 3 is 2.83 bits per heavy atom. The fourth-order valence-corrected chi connectivity index (χ4v) is 2.26. The first-order chi connectivity index (χ1) is 11.0. The van der Waals surface area contributed by atoms with E-state index in [0.29, 0.717) is 17.1 Å². The molecule has 1 amide bonds. The van der Waals surface area contributed by atoms with Gasteiger partial charge in [0.15, 0.2) is 5.76 Å². The van der Waals surface area contributed by atoms with Gasteiger partial charge in [-0.15, -0.1) is 0 Å². The molecular weight excluding hydrogens is 308 g/mol. The van der Waals surface area contributed by atoms with E-state index in [2.05, 4.69) is 15.6 Å². The van der Waals surface area contributed by atoms with E-state index in [1.807, 2.05) is 0 Å². The topological polar surface area (TPSA) is 76.7 Å². The number of nitrogens with one attached hydrogen (secondary N) is 1. The van der Waals surface area contributed by atoms with Crippen molar-refractivity contribution in [3.8, 4) is 0 Å². The number of aromatic nitrogens is 1. The summed E-state index contributed by atoms with van der Waals surface area (Å²) in [6, 6.07) is 3.04. The Morgan fingerprint density at radius 2 is 2.13 bits per heavy atom. The van der Waals surface area contributed by atoms with E-state index in [4.69, 9.17) is 9.36 Å². The van der Waals surface area contributed by atoms with Gasteiger partial charge in [-0.25, -0.2) is 8.78 Å². The number of rotatable bonds is 3. The third-order valence-corrected chi connectivity index (χ3v) is 3.48. The standard InChI is InChI=1S/C15H13F2N3O3/c1-7-14(8(2)22-19-7)18-15(21)13-6-12(20-23-13)10-5-9(16)3-4-11(10)17/h3-5,13H,6H2,1-2H3,(H,18,21). The largest absolute Gasteiger partial charge is 0.382 e. The summed E-state index contributed by atoms with van der Waals surface area (Å²) in [7, 11) is 0. The van der Waals surface area contributed by atoms with Gasteiger partial charge in [-0.2, -0.15) is 0 Å². The highest BCUT2D eigenvalue weighted by Crippen LogP contribution is 2.23. The van der Waals surface area contributed by atoms with E-state index in [-0.39, 0.29) is 17.7 Å². The first-order valence-electron chi connectivity index (χ1n) is 6.87. The average Bonchev–Trinajstić information content (AvgIpc) is 3.12. The van der Waals surface area contributed by atoms with Crippen molar-refractivity contribution in [3.05, 3.63) is 46.9 Å². The second-order valence-electron chi connectivity index (χ2n) is 5.15. The van der Waals surface area contributed by atoms with Crippen LogP contribution in [-0.4, -0.2) is 22.9 Å². The first kappa shape index (κ1) is 15.1. The third kappa shape index (κ3) is 2.92. The van der Waals surface area contributed by atoms with Crippen LogP contribution in [0.3, 0.4) is 0 Å². The van der Waals surface area contributed by atoms with Crippen LogP contribution >= 0.6 is 0 Å². The maximum atomic E-state index is 13.7. The van der Waals surface area contributed by atoms with Gasteiger partial charge in [0.2, 0.25) is 6.10 Å². The van der Waals surface area contributed by atoms with E-state index in [0.717, 1.165) is 18.2 Å². The molecule has 0 saturated heterocycles. The summed E-state index contributed by atoms with van der Waals surface area (Å²) in [5, 5.41) is 10.1.